The van der Waals surface area contributed by atoms with E-state index in [9.17, 15) is 17.2 Å². The quantitative estimate of drug-likeness (QED) is 0.830. The molecule has 1 fully saturated rings. The molecule has 0 saturated carbocycles. The molecule has 1 atom stereocenters. The van der Waals surface area contributed by atoms with Crippen LogP contribution in [0.25, 0.3) is 0 Å². The van der Waals surface area contributed by atoms with Gasteiger partial charge < -0.3 is 0 Å². The van der Waals surface area contributed by atoms with Crippen LogP contribution in [0.4, 0.5) is 8.78 Å². The molecule has 0 aliphatic carbocycles. The van der Waals surface area contributed by atoms with Crippen LogP contribution in [0, 0.1) is 17.6 Å². The predicted molar refractivity (Wildman–Crippen MR) is 83.0 cm³/mol. The predicted octanol–water partition coefficient (Wildman–Crippen LogP) is 3.35. The maximum absolute atomic E-state index is 13.6. The van der Waals surface area contributed by atoms with Crippen LogP contribution in [0.15, 0.2) is 18.2 Å². The number of nitrogens with zero attached hydrogens (tertiary/aromatic N) is 1. The van der Waals surface area contributed by atoms with Crippen molar-refractivity contribution in [1.82, 2.24) is 4.31 Å². The Morgan fingerprint density at radius 3 is 2.50 bits per heavy atom. The zero-order valence-electron chi connectivity index (χ0n) is 13.1. The van der Waals surface area contributed by atoms with Crippen LogP contribution in [0.5, 0.6) is 0 Å². The Morgan fingerprint density at radius 1 is 1.27 bits per heavy atom. The number of benzene rings is 1. The average molecular weight is 331 g/mol. The van der Waals surface area contributed by atoms with Crippen molar-refractivity contribution in [2.45, 2.75) is 44.8 Å². The molecule has 1 heterocycles. The third-order valence-corrected chi connectivity index (χ3v) is 6.54. The summed E-state index contributed by atoms with van der Waals surface area (Å²) < 4.78 is 53.2. The summed E-state index contributed by atoms with van der Waals surface area (Å²) in [6, 6.07) is 3.87. The van der Waals surface area contributed by atoms with Gasteiger partial charge in [0.1, 0.15) is 11.6 Å². The molecule has 124 valence electrons. The van der Waals surface area contributed by atoms with Gasteiger partial charge in [-0.15, -0.1) is 0 Å². The maximum atomic E-state index is 13.6. The Balaban J connectivity index is 2.00. The van der Waals surface area contributed by atoms with Crippen LogP contribution in [-0.2, 0) is 16.4 Å². The molecule has 0 bridgehead atoms. The summed E-state index contributed by atoms with van der Waals surface area (Å²) in [6.45, 7) is 4.35. The van der Waals surface area contributed by atoms with E-state index in [0.29, 0.717) is 25.9 Å². The van der Waals surface area contributed by atoms with Crippen molar-refractivity contribution in [3.8, 4) is 0 Å². The first-order valence-electron chi connectivity index (χ1n) is 7.74. The first kappa shape index (κ1) is 17.3. The van der Waals surface area contributed by atoms with Gasteiger partial charge in [-0.1, -0.05) is 6.07 Å². The molecule has 2 rings (SSSR count). The van der Waals surface area contributed by atoms with Gasteiger partial charge in [-0.2, -0.15) is 0 Å². The zero-order valence-corrected chi connectivity index (χ0v) is 13.9. The highest BCUT2D eigenvalue weighted by Crippen LogP contribution is 2.26. The summed E-state index contributed by atoms with van der Waals surface area (Å²) in [7, 11) is -3.25. The van der Waals surface area contributed by atoms with Crippen molar-refractivity contribution in [1.29, 1.82) is 0 Å². The first-order chi connectivity index (χ1) is 10.3. The lowest BCUT2D eigenvalue weighted by Gasteiger charge is -2.33. The highest BCUT2D eigenvalue weighted by Gasteiger charge is 2.30. The standard InChI is InChI=1S/C16H23F2NO2S/c1-12(2)22(20,21)19-10-4-5-13(11-19)8-9-14-15(17)6-3-7-16(14)18/h3,6-7,12-13H,4-5,8-11H2,1-2H3/t13-/m1/s1. The van der Waals surface area contributed by atoms with Crippen LogP contribution in [-0.4, -0.2) is 31.1 Å². The van der Waals surface area contributed by atoms with Crippen LogP contribution in [0.2, 0.25) is 0 Å². The molecule has 1 aliphatic heterocycles. The second-order valence-corrected chi connectivity index (χ2v) is 8.69. The van der Waals surface area contributed by atoms with Crippen molar-refractivity contribution in [3.05, 3.63) is 35.4 Å². The lowest BCUT2D eigenvalue weighted by Crippen LogP contribution is -2.43. The fourth-order valence-electron chi connectivity index (χ4n) is 2.91. The molecule has 1 aromatic carbocycles. The fourth-order valence-corrected chi connectivity index (χ4v) is 4.31. The third kappa shape index (κ3) is 3.84. The number of halogens is 2. The van der Waals surface area contributed by atoms with Gasteiger partial charge in [-0.05, 0) is 57.6 Å². The summed E-state index contributed by atoms with van der Waals surface area (Å²) >= 11 is 0. The Labute approximate surface area is 131 Å². The van der Waals surface area contributed by atoms with E-state index >= 15 is 0 Å². The molecule has 0 spiro atoms. The summed E-state index contributed by atoms with van der Waals surface area (Å²) in [5.74, 6) is -0.897. The van der Waals surface area contributed by atoms with E-state index in [2.05, 4.69) is 0 Å². The van der Waals surface area contributed by atoms with E-state index in [-0.39, 0.29) is 11.5 Å². The molecular weight excluding hydrogens is 308 g/mol. The van der Waals surface area contributed by atoms with Crippen molar-refractivity contribution in [3.63, 3.8) is 0 Å². The molecule has 1 aromatic rings. The van der Waals surface area contributed by atoms with Crippen molar-refractivity contribution < 1.29 is 17.2 Å². The SMILES string of the molecule is CC(C)S(=O)(=O)N1CCC[C@H](CCc2c(F)cccc2F)C1. The third-order valence-electron chi connectivity index (χ3n) is 4.30. The topological polar surface area (TPSA) is 37.4 Å². The number of hydrogen-bond donors (Lipinski definition) is 0. The normalized spacial score (nSPS) is 20.5. The summed E-state index contributed by atoms with van der Waals surface area (Å²) in [5.41, 5.74) is 0.103. The van der Waals surface area contributed by atoms with E-state index in [1.807, 2.05) is 0 Å². The Morgan fingerprint density at radius 2 is 1.91 bits per heavy atom. The van der Waals surface area contributed by atoms with Crippen molar-refractivity contribution >= 4 is 10.0 Å². The van der Waals surface area contributed by atoms with Crippen molar-refractivity contribution in [2.75, 3.05) is 13.1 Å². The average Bonchev–Trinajstić information content (AvgIpc) is 2.47. The molecule has 0 amide bonds. The number of rotatable bonds is 5. The van der Waals surface area contributed by atoms with Crippen LogP contribution < -0.4 is 0 Å². The molecule has 0 N–H and O–H groups in total. The smallest absolute Gasteiger partial charge is 0.212 e. The summed E-state index contributed by atoms with van der Waals surface area (Å²) in [6.07, 6.45) is 2.61. The van der Waals surface area contributed by atoms with E-state index in [4.69, 9.17) is 0 Å². The maximum Gasteiger partial charge on any atom is 0.216 e. The van der Waals surface area contributed by atoms with E-state index in [1.165, 1.54) is 22.5 Å². The van der Waals surface area contributed by atoms with Crippen LogP contribution >= 0.6 is 0 Å². The number of hydrogen-bond acceptors (Lipinski definition) is 2. The Kier molecular flexibility index (Phi) is 5.55. The van der Waals surface area contributed by atoms with Gasteiger partial charge in [0, 0.05) is 18.7 Å². The van der Waals surface area contributed by atoms with Gasteiger partial charge in [0.2, 0.25) is 10.0 Å². The molecule has 0 aromatic heterocycles. The Bertz CT molecular complexity index is 596. The molecule has 1 aliphatic rings. The molecular formula is C16H23F2NO2S. The number of sulfonamides is 1. The number of piperidine rings is 1. The van der Waals surface area contributed by atoms with Gasteiger partial charge in [0.25, 0.3) is 0 Å². The second-order valence-electron chi connectivity index (χ2n) is 6.20. The van der Waals surface area contributed by atoms with Crippen LogP contribution in [0.1, 0.15) is 38.7 Å². The van der Waals surface area contributed by atoms with Gasteiger partial charge in [-0.3, -0.25) is 0 Å². The van der Waals surface area contributed by atoms with Crippen LogP contribution in [0.3, 0.4) is 0 Å². The lowest BCUT2D eigenvalue weighted by atomic mass is 9.92. The highest BCUT2D eigenvalue weighted by molar-refractivity contribution is 7.89. The largest absolute Gasteiger partial charge is 0.216 e. The summed E-state index contributed by atoms with van der Waals surface area (Å²) in [4.78, 5) is 0. The van der Waals surface area contributed by atoms with E-state index < -0.39 is 26.9 Å². The van der Waals surface area contributed by atoms with Gasteiger partial charge >= 0.3 is 0 Å². The molecule has 0 unspecified atom stereocenters. The lowest BCUT2D eigenvalue weighted by molar-refractivity contribution is 0.253. The minimum absolute atomic E-state index is 0.103. The minimum atomic E-state index is -3.25. The van der Waals surface area contributed by atoms with Crippen molar-refractivity contribution in [2.24, 2.45) is 5.92 Å². The van der Waals surface area contributed by atoms with Gasteiger partial charge in [0.05, 0.1) is 5.25 Å². The minimum Gasteiger partial charge on any atom is -0.212 e. The van der Waals surface area contributed by atoms with Gasteiger partial charge in [-0.25, -0.2) is 21.5 Å². The van der Waals surface area contributed by atoms with E-state index in [1.54, 1.807) is 13.8 Å². The zero-order chi connectivity index (χ0) is 16.3. The molecule has 6 heteroatoms. The molecule has 3 nitrogen and oxygen atoms in total. The fraction of sp³-hybridized carbons (Fsp3) is 0.625. The first-order valence-corrected chi connectivity index (χ1v) is 9.24. The monoisotopic (exact) mass is 331 g/mol. The van der Waals surface area contributed by atoms with E-state index in [0.717, 1.165) is 12.8 Å². The van der Waals surface area contributed by atoms with Gasteiger partial charge in [0.15, 0.2) is 0 Å². The molecule has 1 saturated heterocycles. The summed E-state index contributed by atoms with van der Waals surface area (Å²) in [5, 5.41) is -0.435. The second kappa shape index (κ2) is 7.04. The molecule has 22 heavy (non-hydrogen) atoms. The Hall–Kier alpha value is -1.01. The molecule has 0 radical (unpaired) electrons. The highest BCUT2D eigenvalue weighted by atomic mass is 32.2.